The molecule has 0 amide bonds. The summed E-state index contributed by atoms with van der Waals surface area (Å²) in [4.78, 5) is 8.44. The van der Waals surface area contributed by atoms with Gasteiger partial charge in [0.1, 0.15) is 18.0 Å². The number of hydrogen-bond acceptors (Lipinski definition) is 5. The van der Waals surface area contributed by atoms with Crippen LogP contribution in [0.4, 0.5) is 11.6 Å². The van der Waals surface area contributed by atoms with Gasteiger partial charge in [0, 0.05) is 18.2 Å². The van der Waals surface area contributed by atoms with Crippen molar-refractivity contribution in [2.45, 2.75) is 58.1 Å². The van der Waals surface area contributed by atoms with Crippen molar-refractivity contribution in [1.82, 2.24) is 9.97 Å². The van der Waals surface area contributed by atoms with Crippen LogP contribution >= 0.6 is 0 Å². The molecule has 1 atom stereocenters. The number of rotatable bonds is 4. The van der Waals surface area contributed by atoms with Gasteiger partial charge >= 0.3 is 0 Å². The molecular formula is C14H24N4O. The van der Waals surface area contributed by atoms with Crippen molar-refractivity contribution in [2.24, 2.45) is 0 Å². The van der Waals surface area contributed by atoms with E-state index in [1.54, 1.807) is 0 Å². The maximum Gasteiger partial charge on any atom is 0.134 e. The summed E-state index contributed by atoms with van der Waals surface area (Å²) in [6.07, 6.45) is 5.44. The lowest BCUT2D eigenvalue weighted by atomic mass is 9.94. The lowest BCUT2D eigenvalue weighted by Gasteiger charge is -2.36. The summed E-state index contributed by atoms with van der Waals surface area (Å²) in [6, 6.07) is 0.383. The van der Waals surface area contributed by atoms with E-state index in [1.165, 1.54) is 6.33 Å². The molecular weight excluding hydrogens is 240 g/mol. The number of nitrogens with zero attached hydrogens (tertiary/aromatic N) is 2. The monoisotopic (exact) mass is 264 g/mol. The molecule has 1 fully saturated rings. The standard InChI is InChI=1S/C14H24N4O/c1-4-5-11-12(15)16-9-17-13(11)18-10-6-7-19-14(2,3)8-10/h9-10H,4-8H2,1-3H3,(H3,15,16,17,18). The van der Waals surface area contributed by atoms with Crippen LogP contribution in [-0.2, 0) is 11.2 Å². The van der Waals surface area contributed by atoms with E-state index in [0.29, 0.717) is 11.9 Å². The number of nitrogens with one attached hydrogen (secondary N) is 1. The summed E-state index contributed by atoms with van der Waals surface area (Å²) in [5.41, 5.74) is 6.92. The molecule has 0 aliphatic carbocycles. The van der Waals surface area contributed by atoms with E-state index in [-0.39, 0.29) is 5.60 Å². The minimum atomic E-state index is -0.0700. The molecule has 5 nitrogen and oxygen atoms in total. The highest BCUT2D eigenvalue weighted by atomic mass is 16.5. The van der Waals surface area contributed by atoms with Gasteiger partial charge in [0.2, 0.25) is 0 Å². The van der Waals surface area contributed by atoms with Gasteiger partial charge in [-0.25, -0.2) is 9.97 Å². The smallest absolute Gasteiger partial charge is 0.134 e. The Morgan fingerprint density at radius 1 is 1.47 bits per heavy atom. The minimum Gasteiger partial charge on any atom is -0.383 e. The Bertz CT molecular complexity index is 433. The fraction of sp³-hybridized carbons (Fsp3) is 0.714. The van der Waals surface area contributed by atoms with Gasteiger partial charge in [-0.1, -0.05) is 13.3 Å². The average Bonchev–Trinajstić information content (AvgIpc) is 2.32. The fourth-order valence-electron chi connectivity index (χ4n) is 2.60. The van der Waals surface area contributed by atoms with Crippen LogP contribution < -0.4 is 11.1 Å². The predicted molar refractivity (Wildman–Crippen MR) is 77.1 cm³/mol. The average molecular weight is 264 g/mol. The zero-order valence-electron chi connectivity index (χ0n) is 12.1. The molecule has 0 bridgehead atoms. The van der Waals surface area contributed by atoms with Gasteiger partial charge in [-0.3, -0.25) is 0 Å². The first kappa shape index (κ1) is 14.1. The van der Waals surface area contributed by atoms with Gasteiger partial charge in [-0.05, 0) is 33.1 Å². The lowest BCUT2D eigenvalue weighted by molar-refractivity contribution is -0.0553. The van der Waals surface area contributed by atoms with E-state index in [0.717, 1.165) is 43.7 Å². The quantitative estimate of drug-likeness (QED) is 0.873. The van der Waals surface area contributed by atoms with Crippen LogP contribution in [0.2, 0.25) is 0 Å². The molecule has 2 heterocycles. The molecule has 0 saturated carbocycles. The Morgan fingerprint density at radius 3 is 2.95 bits per heavy atom. The Labute approximate surface area is 115 Å². The number of hydrogen-bond donors (Lipinski definition) is 2. The van der Waals surface area contributed by atoms with Crippen LogP contribution in [0.1, 0.15) is 45.6 Å². The summed E-state index contributed by atoms with van der Waals surface area (Å²) in [6.45, 7) is 7.17. The summed E-state index contributed by atoms with van der Waals surface area (Å²) in [5.74, 6) is 1.47. The number of anilines is 2. The van der Waals surface area contributed by atoms with Gasteiger partial charge in [0.15, 0.2) is 0 Å². The van der Waals surface area contributed by atoms with Crippen molar-refractivity contribution < 1.29 is 4.74 Å². The molecule has 3 N–H and O–H groups in total. The summed E-state index contributed by atoms with van der Waals surface area (Å²) in [5, 5.41) is 3.52. The Kier molecular flexibility index (Phi) is 4.24. The topological polar surface area (TPSA) is 73.1 Å². The Hall–Kier alpha value is -1.36. The van der Waals surface area contributed by atoms with Crippen molar-refractivity contribution in [1.29, 1.82) is 0 Å². The van der Waals surface area contributed by atoms with Gasteiger partial charge in [-0.15, -0.1) is 0 Å². The van der Waals surface area contributed by atoms with E-state index in [4.69, 9.17) is 10.5 Å². The van der Waals surface area contributed by atoms with Crippen LogP contribution in [0.3, 0.4) is 0 Å². The Morgan fingerprint density at radius 2 is 2.26 bits per heavy atom. The first-order chi connectivity index (χ1) is 9.02. The third-order valence-electron chi connectivity index (χ3n) is 3.52. The van der Waals surface area contributed by atoms with Crippen LogP contribution in [0, 0.1) is 0 Å². The number of nitrogen functional groups attached to an aromatic ring is 1. The summed E-state index contributed by atoms with van der Waals surface area (Å²) >= 11 is 0. The maximum atomic E-state index is 5.95. The largest absolute Gasteiger partial charge is 0.383 e. The van der Waals surface area contributed by atoms with Crippen molar-refractivity contribution in [3.8, 4) is 0 Å². The molecule has 5 heteroatoms. The van der Waals surface area contributed by atoms with Gasteiger partial charge in [0.05, 0.1) is 5.60 Å². The first-order valence-corrected chi connectivity index (χ1v) is 7.01. The molecule has 1 aromatic heterocycles. The molecule has 1 aromatic rings. The van der Waals surface area contributed by atoms with E-state index in [2.05, 4.69) is 36.1 Å². The molecule has 1 saturated heterocycles. The molecule has 1 aliphatic heterocycles. The maximum absolute atomic E-state index is 5.95. The second-order valence-electron chi connectivity index (χ2n) is 5.78. The SMILES string of the molecule is CCCc1c(N)ncnc1NC1CCOC(C)(C)C1. The molecule has 19 heavy (non-hydrogen) atoms. The normalized spacial score (nSPS) is 22.2. The second kappa shape index (κ2) is 5.74. The van der Waals surface area contributed by atoms with Gasteiger partial charge in [0.25, 0.3) is 0 Å². The van der Waals surface area contributed by atoms with E-state index in [1.807, 2.05) is 0 Å². The fourth-order valence-corrected chi connectivity index (χ4v) is 2.60. The van der Waals surface area contributed by atoms with Crippen molar-refractivity contribution in [3.63, 3.8) is 0 Å². The van der Waals surface area contributed by atoms with Gasteiger partial charge < -0.3 is 15.8 Å². The first-order valence-electron chi connectivity index (χ1n) is 7.01. The molecule has 1 unspecified atom stereocenters. The van der Waals surface area contributed by atoms with Crippen molar-refractivity contribution in [3.05, 3.63) is 11.9 Å². The van der Waals surface area contributed by atoms with E-state index in [9.17, 15) is 0 Å². The second-order valence-corrected chi connectivity index (χ2v) is 5.78. The van der Waals surface area contributed by atoms with Crippen molar-refractivity contribution in [2.75, 3.05) is 17.7 Å². The van der Waals surface area contributed by atoms with Crippen molar-refractivity contribution >= 4 is 11.6 Å². The third-order valence-corrected chi connectivity index (χ3v) is 3.52. The highest BCUT2D eigenvalue weighted by Crippen LogP contribution is 2.28. The van der Waals surface area contributed by atoms with Crippen LogP contribution in [-0.4, -0.2) is 28.2 Å². The highest BCUT2D eigenvalue weighted by molar-refractivity contribution is 5.55. The Balaban J connectivity index is 2.12. The highest BCUT2D eigenvalue weighted by Gasteiger charge is 2.29. The lowest BCUT2D eigenvalue weighted by Crippen LogP contribution is -2.40. The zero-order chi connectivity index (χ0) is 13.9. The van der Waals surface area contributed by atoms with Crippen LogP contribution in [0.5, 0.6) is 0 Å². The minimum absolute atomic E-state index is 0.0700. The molecule has 1 aliphatic rings. The van der Waals surface area contributed by atoms with E-state index < -0.39 is 0 Å². The third kappa shape index (κ3) is 3.56. The predicted octanol–water partition coefficient (Wildman–Crippen LogP) is 2.38. The molecule has 0 aromatic carbocycles. The molecule has 106 valence electrons. The van der Waals surface area contributed by atoms with Crippen LogP contribution in [0.15, 0.2) is 6.33 Å². The summed E-state index contributed by atoms with van der Waals surface area (Å²) in [7, 11) is 0. The summed E-state index contributed by atoms with van der Waals surface area (Å²) < 4.78 is 5.74. The van der Waals surface area contributed by atoms with Crippen LogP contribution in [0.25, 0.3) is 0 Å². The number of nitrogens with two attached hydrogens (primary N) is 1. The zero-order valence-corrected chi connectivity index (χ0v) is 12.1. The number of aromatic nitrogens is 2. The molecule has 2 rings (SSSR count). The van der Waals surface area contributed by atoms with E-state index >= 15 is 0 Å². The van der Waals surface area contributed by atoms with Gasteiger partial charge in [-0.2, -0.15) is 0 Å². The molecule has 0 radical (unpaired) electrons. The molecule has 0 spiro atoms. The number of ether oxygens (including phenoxy) is 1.